The number of anilines is 3. The fraction of sp³-hybridized carbons (Fsp3) is 0.0930. The van der Waals surface area contributed by atoms with Crippen LogP contribution in [-0.4, -0.2) is 15.8 Å². The quantitative estimate of drug-likeness (QED) is 0.149. The predicted octanol–water partition coefficient (Wildman–Crippen LogP) is 22.2. The SMILES string of the molecule is CC(C)(C)c1cc(-n2c3cc(-c4ccccc4)ccc3c3c4c(oc5ccccc54)c4c(c32)Oc2cc(N(c3ccccc3)c3ccccc3)cc3c2B4c2c(c4c(c5ccc(-c6ccccc6)cc5n4-c4ccccc4)c4c2oc2ccccc24)S3)cc(C(C)(C)C)c1. The molecule has 0 amide bonds. The van der Waals surface area contributed by atoms with Gasteiger partial charge in [0.25, 0.3) is 6.71 Å². The van der Waals surface area contributed by atoms with Crippen LogP contribution in [-0.2, 0) is 10.8 Å². The van der Waals surface area contributed by atoms with Crippen LogP contribution < -0.4 is 26.0 Å². The largest absolute Gasteiger partial charge is 0.457 e. The molecule has 0 saturated heterocycles. The molecule has 0 spiro atoms. The third kappa shape index (κ3) is 8.12. The zero-order valence-corrected chi connectivity index (χ0v) is 53.8. The number of nitrogens with zero attached hydrogens (tertiary/aromatic N) is 3. The van der Waals surface area contributed by atoms with E-state index in [4.69, 9.17) is 13.6 Å². The molecule has 13 aromatic carbocycles. The molecule has 19 rings (SSSR count). The highest BCUT2D eigenvalue weighted by Crippen LogP contribution is 2.54. The first kappa shape index (κ1) is 54.8. The van der Waals surface area contributed by atoms with Crippen LogP contribution in [0.25, 0.3) is 121 Å². The Kier molecular flexibility index (Phi) is 11.8. The van der Waals surface area contributed by atoms with Gasteiger partial charge in [0.2, 0.25) is 0 Å². The summed E-state index contributed by atoms with van der Waals surface area (Å²) in [5, 5.41) is 8.75. The minimum Gasteiger partial charge on any atom is -0.457 e. The Hall–Kier alpha value is -10.9. The molecule has 0 saturated carbocycles. The van der Waals surface area contributed by atoms with Crippen molar-refractivity contribution in [3.05, 3.63) is 278 Å². The number of furan rings is 2. The number of para-hydroxylation sites is 5. The third-order valence-corrected chi connectivity index (χ3v) is 21.0. The summed E-state index contributed by atoms with van der Waals surface area (Å²) in [4.78, 5) is 4.58. The third-order valence-electron chi connectivity index (χ3n) is 19.8. The van der Waals surface area contributed by atoms with E-state index < -0.39 is 6.71 Å². The van der Waals surface area contributed by atoms with Crippen molar-refractivity contribution in [3.63, 3.8) is 0 Å². The molecule has 6 heterocycles. The first-order valence-corrected chi connectivity index (χ1v) is 33.4. The van der Waals surface area contributed by atoms with E-state index in [2.05, 4.69) is 322 Å². The van der Waals surface area contributed by atoms with Crippen molar-refractivity contribution in [2.75, 3.05) is 4.90 Å². The summed E-state index contributed by atoms with van der Waals surface area (Å²) in [7, 11) is 0. The van der Waals surface area contributed by atoms with Crippen LogP contribution in [0.5, 0.6) is 11.5 Å². The number of hydrogen-bond acceptors (Lipinski definition) is 5. The molecule has 0 fully saturated rings. The Bertz CT molecular complexity index is 5920. The number of ether oxygens (including phenoxy) is 1. The Labute approximate surface area is 548 Å². The van der Waals surface area contributed by atoms with Crippen LogP contribution in [0.1, 0.15) is 52.7 Å². The summed E-state index contributed by atoms with van der Waals surface area (Å²) in [5.41, 5.74) is 22.7. The van der Waals surface area contributed by atoms with Gasteiger partial charge in [-0.25, -0.2) is 0 Å². The fourth-order valence-corrected chi connectivity index (χ4v) is 16.8. The van der Waals surface area contributed by atoms with Crippen LogP contribution in [0.3, 0.4) is 0 Å². The van der Waals surface area contributed by atoms with Crippen molar-refractivity contribution in [3.8, 4) is 45.1 Å². The van der Waals surface area contributed by atoms with Crippen LogP contribution >= 0.6 is 11.8 Å². The molecule has 448 valence electrons. The van der Waals surface area contributed by atoms with Gasteiger partial charge in [0.1, 0.15) is 28.1 Å². The molecular weight excluding hydrogens is 1170 g/mol. The molecule has 0 N–H and O–H groups in total. The van der Waals surface area contributed by atoms with Gasteiger partial charge in [0.15, 0.2) is 5.75 Å². The topological polar surface area (TPSA) is 48.6 Å². The Morgan fingerprint density at radius 2 is 0.840 bits per heavy atom. The van der Waals surface area contributed by atoms with Gasteiger partial charge in [-0.1, -0.05) is 235 Å². The maximum Gasteiger partial charge on any atom is 0.263 e. The number of hydrogen-bond donors (Lipinski definition) is 0. The molecule has 0 unspecified atom stereocenters. The molecule has 0 radical (unpaired) electrons. The molecule has 0 aliphatic carbocycles. The first-order chi connectivity index (χ1) is 45.9. The number of benzene rings is 13. The van der Waals surface area contributed by atoms with E-state index in [9.17, 15) is 0 Å². The monoisotopic (exact) mass is 1230 g/mol. The van der Waals surface area contributed by atoms with E-state index in [0.29, 0.717) is 0 Å². The van der Waals surface area contributed by atoms with Crippen LogP contribution in [0.4, 0.5) is 17.1 Å². The molecular formula is C86H62BN3O3S. The lowest BCUT2D eigenvalue weighted by molar-refractivity contribution is 0.490. The maximum atomic E-state index is 8.22. The zero-order valence-electron chi connectivity index (χ0n) is 53.0. The van der Waals surface area contributed by atoms with E-state index in [0.717, 1.165) is 176 Å². The smallest absolute Gasteiger partial charge is 0.263 e. The van der Waals surface area contributed by atoms with Gasteiger partial charge in [-0.15, -0.1) is 0 Å². The van der Waals surface area contributed by atoms with Crippen LogP contribution in [0, 0.1) is 0 Å². The molecule has 0 atom stereocenters. The Morgan fingerprint density at radius 1 is 0.372 bits per heavy atom. The summed E-state index contributed by atoms with van der Waals surface area (Å²) in [6.45, 7) is 13.5. The van der Waals surface area contributed by atoms with Crippen LogP contribution in [0.2, 0.25) is 0 Å². The van der Waals surface area contributed by atoms with Gasteiger partial charge in [0.05, 0.1) is 27.8 Å². The van der Waals surface area contributed by atoms with E-state index >= 15 is 0 Å². The van der Waals surface area contributed by atoms with E-state index in [1.54, 1.807) is 0 Å². The molecule has 8 heteroatoms. The highest BCUT2D eigenvalue weighted by atomic mass is 32.2. The van der Waals surface area contributed by atoms with Gasteiger partial charge >= 0.3 is 0 Å². The lowest BCUT2D eigenvalue weighted by Crippen LogP contribution is -2.58. The molecule has 2 aliphatic rings. The molecule has 4 aromatic heterocycles. The van der Waals surface area contributed by atoms with Gasteiger partial charge in [-0.2, -0.15) is 0 Å². The van der Waals surface area contributed by atoms with Gasteiger partial charge in [-0.3, -0.25) is 0 Å². The van der Waals surface area contributed by atoms with Crippen molar-refractivity contribution in [1.29, 1.82) is 0 Å². The van der Waals surface area contributed by atoms with Gasteiger partial charge in [-0.05, 0) is 134 Å². The van der Waals surface area contributed by atoms with Crippen molar-refractivity contribution in [2.45, 2.75) is 62.2 Å². The van der Waals surface area contributed by atoms with E-state index in [1.807, 2.05) is 11.8 Å². The standard InChI is InChI=1S/C86H62BN3O3S/c1-85(2,3)55-46-56(86(4,5)6)48-60(47-55)90-67-45-54(52-28-14-8-15-29-52)40-42-62(67)72-74-64-36-22-24-38-68(64)91-81(74)77-83(79(72)90)93-70-49-61(88(57-30-16-9-17-31-57)58-32-18-10-19-33-58)50-71-76(70)87(77)78-82-75(65-37-23-25-39-69(65)92-82)73-63-43-41-53(51-26-12-7-13-27-51)44-66(63)89(80(73)84(78)94-71)59-34-20-11-21-35-59/h7-50H,1-6H3. The second-order valence-corrected chi connectivity index (χ2v) is 28.6. The van der Waals surface area contributed by atoms with Crippen molar-refractivity contribution in [2.24, 2.45) is 0 Å². The Morgan fingerprint density at radius 3 is 1.37 bits per heavy atom. The molecule has 0 bridgehead atoms. The summed E-state index contributed by atoms with van der Waals surface area (Å²) >= 11 is 1.83. The molecule has 6 nitrogen and oxygen atoms in total. The number of fused-ring (bicyclic) bond motifs is 22. The van der Waals surface area contributed by atoms with Crippen molar-refractivity contribution in [1.82, 2.24) is 9.13 Å². The predicted molar refractivity (Wildman–Crippen MR) is 394 cm³/mol. The Balaban J connectivity index is 1.04. The van der Waals surface area contributed by atoms with E-state index in [-0.39, 0.29) is 10.8 Å². The highest BCUT2D eigenvalue weighted by molar-refractivity contribution is 8.00. The van der Waals surface area contributed by atoms with Gasteiger partial charge in [0, 0.05) is 87.2 Å². The maximum absolute atomic E-state index is 8.22. The summed E-state index contributed by atoms with van der Waals surface area (Å²) in [5.74, 6) is 1.53. The van der Waals surface area contributed by atoms with Crippen molar-refractivity contribution < 1.29 is 13.6 Å². The first-order valence-electron chi connectivity index (χ1n) is 32.6. The van der Waals surface area contributed by atoms with Crippen molar-refractivity contribution >= 4 is 139 Å². The molecule has 94 heavy (non-hydrogen) atoms. The average molecular weight is 1230 g/mol. The summed E-state index contributed by atoms with van der Waals surface area (Å²) < 4.78 is 28.6. The second kappa shape index (κ2) is 20.3. The van der Waals surface area contributed by atoms with Crippen LogP contribution in [0.15, 0.2) is 286 Å². The fourth-order valence-electron chi connectivity index (χ4n) is 15.4. The minimum atomic E-state index is -0.486. The zero-order chi connectivity index (χ0) is 62.9. The van der Waals surface area contributed by atoms with Gasteiger partial charge < -0.3 is 27.6 Å². The minimum absolute atomic E-state index is 0.179. The lowest BCUT2D eigenvalue weighted by Gasteiger charge is -2.35. The number of rotatable bonds is 7. The van der Waals surface area contributed by atoms with E-state index in [1.165, 1.54) is 11.1 Å². The average Bonchev–Trinajstić information content (AvgIpc) is 1.41. The molecule has 17 aromatic rings. The highest BCUT2D eigenvalue weighted by Gasteiger charge is 2.48. The second-order valence-electron chi connectivity index (χ2n) is 27.5. The number of aromatic nitrogens is 2. The summed E-state index contributed by atoms with van der Waals surface area (Å²) in [6.07, 6.45) is 0. The molecule has 2 aliphatic heterocycles. The summed E-state index contributed by atoms with van der Waals surface area (Å²) in [6, 6.07) is 97.4. The lowest BCUT2D eigenvalue weighted by atomic mass is 9.35. The normalized spacial score (nSPS) is 13.0.